The first-order valence-corrected chi connectivity index (χ1v) is 10.0. The van der Waals surface area contributed by atoms with Gasteiger partial charge in [0.2, 0.25) is 0 Å². The Balaban J connectivity index is 1.61. The minimum Gasteiger partial charge on any atom is -0.481 e. The van der Waals surface area contributed by atoms with Crippen LogP contribution in [0, 0.1) is 5.92 Å². The molecule has 1 fully saturated rings. The third kappa shape index (κ3) is 4.93. The van der Waals surface area contributed by atoms with Crippen molar-refractivity contribution in [2.45, 2.75) is 39.2 Å². The van der Waals surface area contributed by atoms with Crippen LogP contribution in [0.5, 0.6) is 5.75 Å². The van der Waals surface area contributed by atoms with E-state index < -0.39 is 6.10 Å². The number of hydrogen-bond donors (Lipinski definition) is 0. The number of carbonyl (C=O) groups excluding carboxylic acids is 2. The molecule has 2 aromatic rings. The zero-order valence-corrected chi connectivity index (χ0v) is 16.9. The van der Waals surface area contributed by atoms with Gasteiger partial charge in [-0.1, -0.05) is 11.6 Å². The maximum atomic E-state index is 12.8. The van der Waals surface area contributed by atoms with Crippen molar-refractivity contribution in [2.24, 2.45) is 5.92 Å². The Labute approximate surface area is 169 Å². The van der Waals surface area contributed by atoms with Gasteiger partial charge in [-0.05, 0) is 50.8 Å². The van der Waals surface area contributed by atoms with E-state index >= 15 is 0 Å². The Morgan fingerprint density at radius 3 is 2.96 bits per heavy atom. The lowest BCUT2D eigenvalue weighted by Crippen LogP contribution is -2.46. The number of esters is 1. The number of aromatic nitrogens is 1. The molecule has 0 saturated carbocycles. The Kier molecular flexibility index (Phi) is 6.73. The number of halogens is 1. The zero-order chi connectivity index (χ0) is 20.1. The second-order valence-electron chi connectivity index (χ2n) is 7.03. The number of pyridine rings is 1. The molecule has 0 spiro atoms. The zero-order valence-electron chi connectivity index (χ0n) is 16.2. The fourth-order valence-corrected chi connectivity index (χ4v) is 3.78. The van der Waals surface area contributed by atoms with Crippen LogP contribution in [0.4, 0.5) is 0 Å². The molecule has 150 valence electrons. The van der Waals surface area contributed by atoms with Crippen LogP contribution in [-0.2, 0) is 14.3 Å². The number of carbonyl (C=O) groups is 2. The molecule has 1 saturated heterocycles. The highest BCUT2D eigenvalue weighted by Crippen LogP contribution is 2.26. The Hall–Kier alpha value is -2.34. The van der Waals surface area contributed by atoms with Gasteiger partial charge in [0, 0.05) is 30.7 Å². The van der Waals surface area contributed by atoms with Crippen molar-refractivity contribution in [3.63, 3.8) is 0 Å². The summed E-state index contributed by atoms with van der Waals surface area (Å²) in [5.74, 6) is 0.431. The molecule has 2 heterocycles. The highest BCUT2D eigenvalue weighted by Gasteiger charge is 2.29. The molecule has 0 N–H and O–H groups in total. The summed E-state index contributed by atoms with van der Waals surface area (Å²) in [4.78, 5) is 30.6. The number of hydrogen-bond acceptors (Lipinski definition) is 5. The summed E-state index contributed by atoms with van der Waals surface area (Å²) in [5.41, 5.74) is 0.720. The lowest BCUT2D eigenvalue weighted by atomic mass is 9.94. The Bertz CT molecular complexity index is 857. The summed E-state index contributed by atoms with van der Waals surface area (Å²) in [6, 6.07) is 7.15. The molecule has 1 aliphatic heterocycles. The molecular weight excluding hydrogens is 380 g/mol. The molecule has 1 amide bonds. The normalized spacial score (nSPS) is 18.0. The van der Waals surface area contributed by atoms with Crippen LogP contribution in [0.2, 0.25) is 5.02 Å². The van der Waals surface area contributed by atoms with Crippen LogP contribution in [0.15, 0.2) is 30.5 Å². The van der Waals surface area contributed by atoms with Crippen molar-refractivity contribution in [2.75, 3.05) is 19.7 Å². The molecule has 0 aliphatic carbocycles. The van der Waals surface area contributed by atoms with Crippen LogP contribution in [0.25, 0.3) is 10.9 Å². The van der Waals surface area contributed by atoms with Crippen LogP contribution < -0.4 is 4.74 Å². The van der Waals surface area contributed by atoms with Crippen molar-refractivity contribution in [1.82, 2.24) is 9.88 Å². The monoisotopic (exact) mass is 404 g/mol. The molecule has 0 unspecified atom stereocenters. The highest BCUT2D eigenvalue weighted by molar-refractivity contribution is 6.35. The number of ether oxygens (including phenoxy) is 2. The number of likely N-dealkylation sites (tertiary alicyclic amines) is 1. The molecule has 0 radical (unpaired) electrons. The summed E-state index contributed by atoms with van der Waals surface area (Å²) in [6.45, 7) is 5.16. The molecule has 1 aromatic carbocycles. The summed E-state index contributed by atoms with van der Waals surface area (Å²) in [6.07, 6.45) is 3.17. The minimum atomic E-state index is -0.627. The van der Waals surface area contributed by atoms with Crippen molar-refractivity contribution in [3.05, 3.63) is 35.5 Å². The van der Waals surface area contributed by atoms with E-state index in [1.165, 1.54) is 0 Å². The third-order valence-corrected chi connectivity index (χ3v) is 5.24. The van der Waals surface area contributed by atoms with Gasteiger partial charge in [0.05, 0.1) is 23.6 Å². The van der Waals surface area contributed by atoms with E-state index in [-0.39, 0.29) is 17.8 Å². The van der Waals surface area contributed by atoms with E-state index in [1.54, 1.807) is 43.1 Å². The van der Waals surface area contributed by atoms with Crippen LogP contribution in [0.3, 0.4) is 0 Å². The number of nitrogens with zero attached hydrogens (tertiary/aromatic N) is 2. The number of benzene rings is 1. The Morgan fingerprint density at radius 1 is 1.36 bits per heavy atom. The molecule has 2 atom stereocenters. The summed E-state index contributed by atoms with van der Waals surface area (Å²) >= 11 is 6.16. The van der Waals surface area contributed by atoms with E-state index in [0.29, 0.717) is 36.9 Å². The lowest BCUT2D eigenvalue weighted by Gasteiger charge is -2.34. The van der Waals surface area contributed by atoms with Crippen LogP contribution >= 0.6 is 11.6 Å². The maximum Gasteiger partial charge on any atom is 0.306 e. The van der Waals surface area contributed by atoms with Gasteiger partial charge < -0.3 is 14.4 Å². The second-order valence-corrected chi connectivity index (χ2v) is 7.44. The minimum absolute atomic E-state index is 0.0762. The highest BCUT2D eigenvalue weighted by atomic mass is 35.5. The molecule has 0 bridgehead atoms. The quantitative estimate of drug-likeness (QED) is 0.684. The predicted octanol–water partition coefficient (Wildman–Crippen LogP) is 3.85. The van der Waals surface area contributed by atoms with E-state index in [2.05, 4.69) is 4.98 Å². The first-order chi connectivity index (χ1) is 13.5. The molecule has 3 rings (SSSR count). The van der Waals surface area contributed by atoms with Gasteiger partial charge in [-0.25, -0.2) is 0 Å². The summed E-state index contributed by atoms with van der Waals surface area (Å²) in [7, 11) is 0. The fourth-order valence-electron chi connectivity index (χ4n) is 3.57. The van der Waals surface area contributed by atoms with Gasteiger partial charge in [-0.3, -0.25) is 14.6 Å². The van der Waals surface area contributed by atoms with Crippen molar-refractivity contribution < 1.29 is 19.1 Å². The summed E-state index contributed by atoms with van der Waals surface area (Å²) in [5, 5.41) is 1.47. The van der Waals surface area contributed by atoms with E-state index in [4.69, 9.17) is 21.1 Å². The Morgan fingerprint density at radius 2 is 2.18 bits per heavy atom. The number of fused-ring (bicyclic) bond motifs is 1. The van der Waals surface area contributed by atoms with Gasteiger partial charge in [0.25, 0.3) is 5.91 Å². The molecule has 7 heteroatoms. The first-order valence-electron chi connectivity index (χ1n) is 9.63. The second kappa shape index (κ2) is 9.24. The third-order valence-electron chi connectivity index (χ3n) is 4.91. The first kappa shape index (κ1) is 20.4. The number of piperidine rings is 1. The summed E-state index contributed by atoms with van der Waals surface area (Å²) < 4.78 is 10.9. The molecule has 1 aromatic heterocycles. The average Bonchev–Trinajstić information content (AvgIpc) is 2.68. The predicted molar refractivity (Wildman–Crippen MR) is 107 cm³/mol. The fraction of sp³-hybridized carbons (Fsp3) is 0.476. The largest absolute Gasteiger partial charge is 0.481 e. The molecule has 6 nitrogen and oxygen atoms in total. The van der Waals surface area contributed by atoms with E-state index in [1.807, 2.05) is 6.07 Å². The number of amides is 1. The van der Waals surface area contributed by atoms with E-state index in [0.717, 1.165) is 23.7 Å². The van der Waals surface area contributed by atoms with Gasteiger partial charge in [-0.2, -0.15) is 0 Å². The smallest absolute Gasteiger partial charge is 0.306 e. The van der Waals surface area contributed by atoms with Crippen molar-refractivity contribution >= 4 is 34.4 Å². The van der Waals surface area contributed by atoms with E-state index in [9.17, 15) is 9.59 Å². The van der Waals surface area contributed by atoms with Gasteiger partial charge >= 0.3 is 5.97 Å². The lowest BCUT2D eigenvalue weighted by molar-refractivity contribution is -0.147. The van der Waals surface area contributed by atoms with Crippen molar-refractivity contribution in [1.29, 1.82) is 0 Å². The molecule has 28 heavy (non-hydrogen) atoms. The topological polar surface area (TPSA) is 68.7 Å². The molecular formula is C21H25ClN2O4. The SMILES string of the molecule is CCOC(=O)C[C@H]1CCCN(C(=O)[C@@H](C)Oc2ccc3c(Cl)ccnc3c2)C1. The van der Waals surface area contributed by atoms with Gasteiger partial charge in [0.1, 0.15) is 5.75 Å². The standard InChI is InChI=1S/C21H25ClN2O4/c1-3-27-20(25)11-15-5-4-10-24(13-15)21(26)14(2)28-16-6-7-17-18(22)8-9-23-19(17)12-16/h6-9,12,14-15H,3-5,10-11,13H2,1-2H3/t14-,15-/m1/s1. The van der Waals surface area contributed by atoms with Gasteiger partial charge in [0.15, 0.2) is 6.10 Å². The molecule has 1 aliphatic rings. The average molecular weight is 405 g/mol. The maximum absolute atomic E-state index is 12.8. The van der Waals surface area contributed by atoms with Gasteiger partial charge in [-0.15, -0.1) is 0 Å². The van der Waals surface area contributed by atoms with Crippen LogP contribution in [-0.4, -0.2) is 47.6 Å². The van der Waals surface area contributed by atoms with Crippen LogP contribution in [0.1, 0.15) is 33.1 Å². The van der Waals surface area contributed by atoms with Crippen molar-refractivity contribution in [3.8, 4) is 5.75 Å². The number of rotatable bonds is 6.